The van der Waals surface area contributed by atoms with E-state index < -0.39 is 23.6 Å². The van der Waals surface area contributed by atoms with Gasteiger partial charge in [0.2, 0.25) is 0 Å². The van der Waals surface area contributed by atoms with Crippen molar-refractivity contribution < 1.29 is 28.6 Å². The zero-order valence-corrected chi connectivity index (χ0v) is 15.7. The van der Waals surface area contributed by atoms with Crippen LogP contribution in [0.25, 0.3) is 0 Å². The second-order valence-corrected chi connectivity index (χ2v) is 6.71. The summed E-state index contributed by atoms with van der Waals surface area (Å²) < 4.78 is 10.8. The molecule has 0 spiro atoms. The molecule has 1 aliphatic heterocycles. The van der Waals surface area contributed by atoms with Gasteiger partial charge in [0.25, 0.3) is 5.91 Å². The van der Waals surface area contributed by atoms with E-state index in [0.29, 0.717) is 23.5 Å². The fourth-order valence-corrected chi connectivity index (χ4v) is 2.99. The summed E-state index contributed by atoms with van der Waals surface area (Å²) in [5.41, 5.74) is -0.713. The number of furan rings is 1. The van der Waals surface area contributed by atoms with Crippen molar-refractivity contribution in [3.63, 3.8) is 0 Å². The van der Waals surface area contributed by atoms with Crippen molar-refractivity contribution in [1.82, 2.24) is 10.2 Å². The lowest BCUT2D eigenvalue weighted by molar-refractivity contribution is -0.132. The van der Waals surface area contributed by atoms with E-state index in [1.807, 2.05) is 0 Å². The summed E-state index contributed by atoms with van der Waals surface area (Å²) in [7, 11) is 0. The number of hydrogen-bond donors (Lipinski definition) is 2. The number of nitrogens with one attached hydrogen (secondary N) is 1. The Kier molecular flexibility index (Phi) is 5.51. The topological polar surface area (TPSA) is 109 Å². The van der Waals surface area contributed by atoms with Gasteiger partial charge in [-0.3, -0.25) is 14.5 Å². The molecule has 0 radical (unpaired) electrons. The van der Waals surface area contributed by atoms with E-state index in [0.717, 1.165) is 4.90 Å². The van der Waals surface area contributed by atoms with Crippen LogP contribution in [0.15, 0.2) is 47.1 Å². The molecule has 28 heavy (non-hydrogen) atoms. The van der Waals surface area contributed by atoms with Gasteiger partial charge in [0, 0.05) is 12.0 Å². The Morgan fingerprint density at radius 1 is 1.29 bits per heavy atom. The Bertz CT molecular complexity index is 861. The van der Waals surface area contributed by atoms with Crippen LogP contribution >= 0.6 is 0 Å². The number of ketones is 1. The first-order valence-corrected chi connectivity index (χ1v) is 8.97. The number of amides is 3. The molecule has 2 atom stereocenters. The number of ether oxygens (including phenoxy) is 1. The molecular weight excluding hydrogens is 364 g/mol. The first kappa shape index (κ1) is 19.6. The summed E-state index contributed by atoms with van der Waals surface area (Å²) in [5, 5.41) is 12.8. The molecule has 2 N–H and O–H groups in total. The molecule has 1 aromatic carbocycles. The third-order valence-electron chi connectivity index (χ3n) is 4.62. The minimum absolute atomic E-state index is 0.0322. The van der Waals surface area contributed by atoms with Crippen molar-refractivity contribution >= 4 is 17.7 Å². The highest BCUT2D eigenvalue weighted by molar-refractivity contribution is 6.06. The van der Waals surface area contributed by atoms with Gasteiger partial charge in [-0.1, -0.05) is 6.92 Å². The van der Waals surface area contributed by atoms with E-state index in [2.05, 4.69) is 5.32 Å². The zero-order valence-electron chi connectivity index (χ0n) is 15.7. The van der Waals surface area contributed by atoms with Crippen LogP contribution in [0.3, 0.4) is 0 Å². The Morgan fingerprint density at radius 2 is 2.00 bits per heavy atom. The first-order valence-electron chi connectivity index (χ1n) is 8.97. The van der Waals surface area contributed by atoms with Gasteiger partial charge < -0.3 is 19.6 Å². The number of imide groups is 1. The lowest BCUT2D eigenvalue weighted by atomic mass is 9.99. The first-order chi connectivity index (χ1) is 13.3. The predicted octanol–water partition coefficient (Wildman–Crippen LogP) is 2.08. The summed E-state index contributed by atoms with van der Waals surface area (Å²) in [6.07, 6.45) is 0.762. The molecule has 0 unspecified atom stereocenters. The van der Waals surface area contributed by atoms with E-state index >= 15 is 0 Å². The van der Waals surface area contributed by atoms with Crippen molar-refractivity contribution in [1.29, 1.82) is 0 Å². The maximum absolute atomic E-state index is 12.7. The normalized spacial score (nSPS) is 20.2. The van der Waals surface area contributed by atoms with Crippen molar-refractivity contribution in [2.24, 2.45) is 0 Å². The number of hydrogen-bond acceptors (Lipinski definition) is 6. The number of carbonyl (C=O) groups excluding carboxylic acids is 3. The number of benzene rings is 1. The van der Waals surface area contributed by atoms with Crippen LogP contribution < -0.4 is 10.1 Å². The van der Waals surface area contributed by atoms with Crippen LogP contribution in [0.2, 0.25) is 0 Å². The molecule has 1 fully saturated rings. The highest BCUT2D eigenvalue weighted by Crippen LogP contribution is 2.29. The zero-order chi connectivity index (χ0) is 20.3. The standard InChI is InChI=1S/C20H22N2O6/c1-3-16(24)13-6-8-15(9-7-13)28-12-14(23)11-22-18(25)20(2,21-19(22)26)17-5-4-10-27-17/h4-10,14,23H,3,11-12H2,1-2H3,(H,21,26)/t14-,20+/m0/s1. The van der Waals surface area contributed by atoms with E-state index in [4.69, 9.17) is 9.15 Å². The van der Waals surface area contributed by atoms with E-state index in [9.17, 15) is 19.5 Å². The summed E-state index contributed by atoms with van der Waals surface area (Å²) in [4.78, 5) is 37.4. The average molecular weight is 386 g/mol. The van der Waals surface area contributed by atoms with Gasteiger partial charge in [-0.25, -0.2) is 4.79 Å². The van der Waals surface area contributed by atoms with Gasteiger partial charge in [0.05, 0.1) is 12.8 Å². The van der Waals surface area contributed by atoms with Gasteiger partial charge in [0.15, 0.2) is 11.3 Å². The Balaban J connectivity index is 1.57. The highest BCUT2D eigenvalue weighted by Gasteiger charge is 2.51. The van der Waals surface area contributed by atoms with Crippen molar-refractivity contribution in [2.75, 3.05) is 13.2 Å². The highest BCUT2D eigenvalue weighted by atomic mass is 16.5. The molecule has 1 aromatic heterocycles. The minimum atomic E-state index is -1.30. The molecule has 0 saturated carbocycles. The van der Waals surface area contributed by atoms with Crippen LogP contribution in [-0.2, 0) is 10.3 Å². The molecule has 8 heteroatoms. The minimum Gasteiger partial charge on any atom is -0.491 e. The third-order valence-corrected chi connectivity index (χ3v) is 4.62. The average Bonchev–Trinajstić information content (AvgIpc) is 3.31. The second kappa shape index (κ2) is 7.85. The van der Waals surface area contributed by atoms with Crippen molar-refractivity contribution in [3.05, 3.63) is 54.0 Å². The molecule has 0 aliphatic carbocycles. The van der Waals surface area contributed by atoms with Crippen LogP contribution in [0.4, 0.5) is 4.79 Å². The number of carbonyl (C=O) groups is 3. The van der Waals surface area contributed by atoms with E-state index in [-0.39, 0.29) is 18.9 Å². The molecule has 1 saturated heterocycles. The lowest BCUT2D eigenvalue weighted by Crippen LogP contribution is -2.42. The summed E-state index contributed by atoms with van der Waals surface area (Å²) in [6, 6.07) is 9.21. The molecule has 2 aromatic rings. The van der Waals surface area contributed by atoms with Crippen molar-refractivity contribution in [2.45, 2.75) is 31.9 Å². The maximum atomic E-state index is 12.7. The van der Waals surface area contributed by atoms with Crippen LogP contribution in [0, 0.1) is 0 Å². The van der Waals surface area contributed by atoms with Gasteiger partial charge >= 0.3 is 6.03 Å². The molecular formula is C20H22N2O6. The van der Waals surface area contributed by atoms with Crippen LogP contribution in [-0.4, -0.2) is 47.0 Å². The number of aliphatic hydroxyl groups excluding tert-OH is 1. The number of rotatable bonds is 8. The van der Waals surface area contributed by atoms with Gasteiger partial charge in [-0.05, 0) is 43.3 Å². The fraction of sp³-hybridized carbons (Fsp3) is 0.350. The monoisotopic (exact) mass is 386 g/mol. The van der Waals surface area contributed by atoms with Gasteiger partial charge in [0.1, 0.15) is 24.2 Å². The predicted molar refractivity (Wildman–Crippen MR) is 98.9 cm³/mol. The van der Waals surface area contributed by atoms with E-state index in [1.165, 1.54) is 6.26 Å². The van der Waals surface area contributed by atoms with Gasteiger partial charge in [-0.2, -0.15) is 0 Å². The second-order valence-electron chi connectivity index (χ2n) is 6.71. The molecule has 3 amide bonds. The number of Topliss-reactive ketones (excluding diaryl/α,β-unsaturated/α-hetero) is 1. The largest absolute Gasteiger partial charge is 0.491 e. The number of aliphatic hydroxyl groups is 1. The SMILES string of the molecule is CCC(=O)c1ccc(OC[C@@H](O)CN2C(=O)N[C@](C)(c3ccco3)C2=O)cc1. The summed E-state index contributed by atoms with van der Waals surface area (Å²) in [6.45, 7) is 3.01. The molecule has 0 bridgehead atoms. The Hall–Kier alpha value is -3.13. The lowest BCUT2D eigenvalue weighted by Gasteiger charge is -2.20. The number of urea groups is 1. The molecule has 1 aliphatic rings. The molecule has 148 valence electrons. The fourth-order valence-electron chi connectivity index (χ4n) is 2.99. The molecule has 3 rings (SSSR count). The molecule has 2 heterocycles. The number of nitrogens with zero attached hydrogens (tertiary/aromatic N) is 1. The maximum Gasteiger partial charge on any atom is 0.325 e. The van der Waals surface area contributed by atoms with Crippen LogP contribution in [0.5, 0.6) is 5.75 Å². The van der Waals surface area contributed by atoms with Gasteiger partial charge in [-0.15, -0.1) is 0 Å². The summed E-state index contributed by atoms with van der Waals surface area (Å²) in [5.74, 6) is 0.323. The van der Waals surface area contributed by atoms with E-state index in [1.54, 1.807) is 50.2 Å². The van der Waals surface area contributed by atoms with Crippen LogP contribution in [0.1, 0.15) is 36.4 Å². The molecule has 8 nitrogen and oxygen atoms in total. The smallest absolute Gasteiger partial charge is 0.325 e. The Labute approximate surface area is 162 Å². The quantitative estimate of drug-likeness (QED) is 0.531. The summed E-state index contributed by atoms with van der Waals surface area (Å²) >= 11 is 0. The Morgan fingerprint density at radius 3 is 2.61 bits per heavy atom. The third kappa shape index (κ3) is 3.77. The number of β-amino-alcohol motifs (C(OH)–C–C–N with tert-alkyl or cyclic N) is 1. The van der Waals surface area contributed by atoms with Crippen molar-refractivity contribution in [3.8, 4) is 5.75 Å².